The molecule has 2 heterocycles. The summed E-state index contributed by atoms with van der Waals surface area (Å²) in [7, 11) is 0. The van der Waals surface area contributed by atoms with Gasteiger partial charge in [0, 0.05) is 30.2 Å². The lowest BCUT2D eigenvalue weighted by Gasteiger charge is -2.36. The first-order valence-electron chi connectivity index (χ1n) is 6.48. The van der Waals surface area contributed by atoms with Gasteiger partial charge in [0.05, 0.1) is 5.52 Å². The SMILES string of the molecule is CC1CC(N)CCN1c1ncc2ccccc2n1. The molecule has 0 saturated carbocycles. The maximum atomic E-state index is 5.99. The summed E-state index contributed by atoms with van der Waals surface area (Å²) in [5.41, 5.74) is 6.99. The first-order chi connectivity index (χ1) is 8.74. The summed E-state index contributed by atoms with van der Waals surface area (Å²) in [5, 5.41) is 1.09. The lowest BCUT2D eigenvalue weighted by atomic mass is 10.00. The standard InChI is InChI=1S/C14H18N4/c1-10-8-12(15)6-7-18(10)14-16-9-11-4-2-3-5-13(11)17-14/h2-5,9-10,12H,6-8,15H2,1H3. The monoisotopic (exact) mass is 242 g/mol. The molecule has 1 aromatic heterocycles. The van der Waals surface area contributed by atoms with Crippen molar-refractivity contribution in [3.05, 3.63) is 30.5 Å². The fraction of sp³-hybridized carbons (Fsp3) is 0.429. The predicted molar refractivity (Wildman–Crippen MR) is 73.6 cm³/mol. The molecule has 2 unspecified atom stereocenters. The molecule has 0 aliphatic carbocycles. The summed E-state index contributed by atoms with van der Waals surface area (Å²) in [6.45, 7) is 3.14. The van der Waals surface area contributed by atoms with E-state index < -0.39 is 0 Å². The van der Waals surface area contributed by atoms with Crippen LogP contribution in [0.2, 0.25) is 0 Å². The molecule has 0 bridgehead atoms. The maximum Gasteiger partial charge on any atom is 0.226 e. The third-order valence-corrected chi connectivity index (χ3v) is 3.65. The first kappa shape index (κ1) is 11.4. The van der Waals surface area contributed by atoms with Gasteiger partial charge in [-0.05, 0) is 25.8 Å². The molecule has 1 fully saturated rings. The van der Waals surface area contributed by atoms with E-state index in [1.165, 1.54) is 0 Å². The van der Waals surface area contributed by atoms with Crippen molar-refractivity contribution in [1.29, 1.82) is 0 Å². The number of anilines is 1. The topological polar surface area (TPSA) is 55.0 Å². The van der Waals surface area contributed by atoms with Crippen molar-refractivity contribution >= 4 is 16.9 Å². The number of hydrogen-bond donors (Lipinski definition) is 1. The van der Waals surface area contributed by atoms with Crippen molar-refractivity contribution in [2.75, 3.05) is 11.4 Å². The van der Waals surface area contributed by atoms with Crippen LogP contribution in [0.3, 0.4) is 0 Å². The van der Waals surface area contributed by atoms with Gasteiger partial charge in [0.15, 0.2) is 0 Å². The Kier molecular flexibility index (Phi) is 2.88. The van der Waals surface area contributed by atoms with Gasteiger partial charge in [0.25, 0.3) is 0 Å². The zero-order valence-corrected chi connectivity index (χ0v) is 10.6. The zero-order valence-electron chi connectivity index (χ0n) is 10.6. The molecule has 4 nitrogen and oxygen atoms in total. The number of nitrogens with zero attached hydrogens (tertiary/aromatic N) is 3. The van der Waals surface area contributed by atoms with Crippen LogP contribution in [0.4, 0.5) is 5.95 Å². The maximum absolute atomic E-state index is 5.99. The average Bonchev–Trinajstić information content (AvgIpc) is 2.38. The normalized spacial score (nSPS) is 24.4. The van der Waals surface area contributed by atoms with Crippen LogP contribution in [0, 0.1) is 0 Å². The highest BCUT2D eigenvalue weighted by Crippen LogP contribution is 2.22. The minimum absolute atomic E-state index is 0.316. The van der Waals surface area contributed by atoms with Crippen LogP contribution in [-0.4, -0.2) is 28.6 Å². The molecule has 0 spiro atoms. The molecule has 2 atom stereocenters. The number of aromatic nitrogens is 2. The van der Waals surface area contributed by atoms with Gasteiger partial charge in [0.1, 0.15) is 0 Å². The fourth-order valence-electron chi connectivity index (χ4n) is 2.61. The smallest absolute Gasteiger partial charge is 0.226 e. The van der Waals surface area contributed by atoms with Crippen molar-refractivity contribution in [2.45, 2.75) is 31.8 Å². The van der Waals surface area contributed by atoms with E-state index in [4.69, 9.17) is 5.73 Å². The van der Waals surface area contributed by atoms with Gasteiger partial charge in [-0.25, -0.2) is 9.97 Å². The highest BCUT2D eigenvalue weighted by atomic mass is 15.3. The minimum atomic E-state index is 0.316. The average molecular weight is 242 g/mol. The third-order valence-electron chi connectivity index (χ3n) is 3.65. The zero-order chi connectivity index (χ0) is 12.5. The summed E-state index contributed by atoms with van der Waals surface area (Å²) in [6, 6.07) is 8.81. The Bertz CT molecular complexity index is 554. The van der Waals surface area contributed by atoms with Gasteiger partial charge in [-0.15, -0.1) is 0 Å². The number of benzene rings is 1. The highest BCUT2D eigenvalue weighted by molar-refractivity contribution is 5.78. The van der Waals surface area contributed by atoms with E-state index in [9.17, 15) is 0 Å². The second-order valence-electron chi connectivity index (χ2n) is 5.06. The molecular formula is C14H18N4. The van der Waals surface area contributed by atoms with Crippen molar-refractivity contribution in [3.63, 3.8) is 0 Å². The summed E-state index contributed by atoms with van der Waals surface area (Å²) in [4.78, 5) is 11.4. The number of nitrogens with two attached hydrogens (primary N) is 1. The number of piperidine rings is 1. The van der Waals surface area contributed by atoms with E-state index in [1.807, 2.05) is 30.5 Å². The van der Waals surface area contributed by atoms with Crippen molar-refractivity contribution < 1.29 is 0 Å². The van der Waals surface area contributed by atoms with Gasteiger partial charge in [0.2, 0.25) is 5.95 Å². The van der Waals surface area contributed by atoms with Gasteiger partial charge in [-0.2, -0.15) is 0 Å². The Labute approximate surface area is 107 Å². The van der Waals surface area contributed by atoms with Gasteiger partial charge < -0.3 is 10.6 Å². The van der Waals surface area contributed by atoms with E-state index in [-0.39, 0.29) is 0 Å². The number of rotatable bonds is 1. The van der Waals surface area contributed by atoms with Crippen LogP contribution in [0.1, 0.15) is 19.8 Å². The second kappa shape index (κ2) is 4.53. The predicted octanol–water partition coefficient (Wildman–Crippen LogP) is 1.95. The Morgan fingerprint density at radius 2 is 2.17 bits per heavy atom. The van der Waals surface area contributed by atoms with E-state index in [0.717, 1.165) is 36.2 Å². The molecule has 4 heteroatoms. The lowest BCUT2D eigenvalue weighted by molar-refractivity contribution is 0.424. The van der Waals surface area contributed by atoms with Crippen molar-refractivity contribution in [3.8, 4) is 0 Å². The summed E-state index contributed by atoms with van der Waals surface area (Å²) in [6.07, 6.45) is 3.93. The summed E-state index contributed by atoms with van der Waals surface area (Å²) in [5.74, 6) is 0.827. The second-order valence-corrected chi connectivity index (χ2v) is 5.06. The van der Waals surface area contributed by atoms with E-state index in [1.54, 1.807) is 0 Å². The Hall–Kier alpha value is -1.68. The molecule has 1 aliphatic heterocycles. The molecule has 2 N–H and O–H groups in total. The van der Waals surface area contributed by atoms with Crippen LogP contribution < -0.4 is 10.6 Å². The van der Waals surface area contributed by atoms with Crippen LogP contribution in [0.5, 0.6) is 0 Å². The molecule has 1 saturated heterocycles. The minimum Gasteiger partial charge on any atom is -0.338 e. The quantitative estimate of drug-likeness (QED) is 0.830. The molecule has 1 aliphatic rings. The third kappa shape index (κ3) is 2.04. The molecule has 0 amide bonds. The molecule has 3 rings (SSSR count). The molecule has 1 aromatic carbocycles. The van der Waals surface area contributed by atoms with E-state index >= 15 is 0 Å². The summed E-state index contributed by atoms with van der Waals surface area (Å²) >= 11 is 0. The van der Waals surface area contributed by atoms with Crippen molar-refractivity contribution in [1.82, 2.24) is 9.97 Å². The van der Waals surface area contributed by atoms with Gasteiger partial charge >= 0.3 is 0 Å². The number of fused-ring (bicyclic) bond motifs is 1. The van der Waals surface area contributed by atoms with Gasteiger partial charge in [-0.1, -0.05) is 18.2 Å². The Morgan fingerprint density at radius 1 is 1.33 bits per heavy atom. The number of para-hydroxylation sites is 1. The molecular weight excluding hydrogens is 224 g/mol. The van der Waals surface area contributed by atoms with Crippen molar-refractivity contribution in [2.24, 2.45) is 5.73 Å². The lowest BCUT2D eigenvalue weighted by Crippen LogP contribution is -2.46. The highest BCUT2D eigenvalue weighted by Gasteiger charge is 2.25. The number of hydrogen-bond acceptors (Lipinski definition) is 4. The Morgan fingerprint density at radius 3 is 3.00 bits per heavy atom. The van der Waals surface area contributed by atoms with Crippen LogP contribution in [0.15, 0.2) is 30.5 Å². The fourth-order valence-corrected chi connectivity index (χ4v) is 2.61. The Balaban J connectivity index is 1.94. The van der Waals surface area contributed by atoms with Crippen LogP contribution in [0.25, 0.3) is 10.9 Å². The van der Waals surface area contributed by atoms with E-state index in [2.05, 4.69) is 21.8 Å². The van der Waals surface area contributed by atoms with Gasteiger partial charge in [-0.3, -0.25) is 0 Å². The largest absolute Gasteiger partial charge is 0.338 e. The summed E-state index contributed by atoms with van der Waals surface area (Å²) < 4.78 is 0. The van der Waals surface area contributed by atoms with E-state index in [0.29, 0.717) is 12.1 Å². The molecule has 2 aromatic rings. The van der Waals surface area contributed by atoms with Crippen LogP contribution in [-0.2, 0) is 0 Å². The first-order valence-corrected chi connectivity index (χ1v) is 6.48. The molecule has 0 radical (unpaired) electrons. The van der Waals surface area contributed by atoms with Crippen LogP contribution >= 0.6 is 0 Å². The molecule has 18 heavy (non-hydrogen) atoms. The molecule has 94 valence electrons.